The van der Waals surface area contributed by atoms with E-state index in [1.807, 2.05) is 0 Å². The quantitative estimate of drug-likeness (QED) is 0.824. The second-order valence-corrected chi connectivity index (χ2v) is 4.85. The minimum atomic E-state index is -0.294. The van der Waals surface area contributed by atoms with Crippen LogP contribution in [0.2, 0.25) is 0 Å². The lowest BCUT2D eigenvalue weighted by Gasteiger charge is -2.33. The molecule has 0 spiro atoms. The van der Waals surface area contributed by atoms with Crippen molar-refractivity contribution in [3.05, 3.63) is 28.2 Å². The van der Waals surface area contributed by atoms with E-state index in [0.29, 0.717) is 18.3 Å². The standard InChI is InChI=1S/C13H20N4O2/c1-2-7-14-10-4-3-8-17(9-10)13(19)11-5-6-12(18)16-15-11/h5-6,10,14H,2-4,7-9H2,1H3,(H,16,18). The second kappa shape index (κ2) is 6.47. The predicted octanol–water partition coefficient (Wildman–Crippen LogP) is 0.374. The smallest absolute Gasteiger partial charge is 0.274 e. The van der Waals surface area contributed by atoms with Gasteiger partial charge in [0.2, 0.25) is 0 Å². The van der Waals surface area contributed by atoms with Crippen LogP contribution in [0.15, 0.2) is 16.9 Å². The SMILES string of the molecule is CCCNC1CCCN(C(=O)c2ccc(=O)[nH]n2)C1. The molecule has 0 bridgehead atoms. The van der Waals surface area contributed by atoms with E-state index < -0.39 is 0 Å². The summed E-state index contributed by atoms with van der Waals surface area (Å²) in [5.41, 5.74) is 0.00780. The number of rotatable bonds is 4. The summed E-state index contributed by atoms with van der Waals surface area (Å²) in [6.45, 7) is 4.57. The van der Waals surface area contributed by atoms with Gasteiger partial charge in [-0.3, -0.25) is 9.59 Å². The maximum atomic E-state index is 12.2. The molecule has 1 fully saturated rings. The summed E-state index contributed by atoms with van der Waals surface area (Å²) in [4.78, 5) is 25.0. The molecule has 6 nitrogen and oxygen atoms in total. The molecule has 1 aromatic heterocycles. The van der Waals surface area contributed by atoms with Crippen molar-refractivity contribution in [2.24, 2.45) is 0 Å². The molecule has 1 aliphatic heterocycles. The first-order chi connectivity index (χ1) is 9.20. The van der Waals surface area contributed by atoms with Crippen molar-refractivity contribution in [1.82, 2.24) is 20.4 Å². The first-order valence-electron chi connectivity index (χ1n) is 6.79. The van der Waals surface area contributed by atoms with Crippen LogP contribution in [0.25, 0.3) is 0 Å². The number of piperidine rings is 1. The normalized spacial score (nSPS) is 19.4. The summed E-state index contributed by atoms with van der Waals surface area (Å²) >= 11 is 0. The number of hydrogen-bond acceptors (Lipinski definition) is 4. The van der Waals surface area contributed by atoms with Crippen LogP contribution >= 0.6 is 0 Å². The van der Waals surface area contributed by atoms with Crippen LogP contribution in [0.5, 0.6) is 0 Å². The molecule has 0 radical (unpaired) electrons. The van der Waals surface area contributed by atoms with E-state index >= 15 is 0 Å². The lowest BCUT2D eigenvalue weighted by molar-refractivity contribution is 0.0688. The third-order valence-corrected chi connectivity index (χ3v) is 3.29. The van der Waals surface area contributed by atoms with Gasteiger partial charge < -0.3 is 10.2 Å². The highest BCUT2D eigenvalue weighted by Gasteiger charge is 2.24. The average molecular weight is 264 g/mol. The molecule has 2 heterocycles. The third kappa shape index (κ3) is 3.64. The predicted molar refractivity (Wildman–Crippen MR) is 72.1 cm³/mol. The van der Waals surface area contributed by atoms with Gasteiger partial charge in [0.15, 0.2) is 0 Å². The molecular formula is C13H20N4O2. The second-order valence-electron chi connectivity index (χ2n) is 4.85. The van der Waals surface area contributed by atoms with E-state index in [1.54, 1.807) is 4.90 Å². The zero-order chi connectivity index (χ0) is 13.7. The number of hydrogen-bond donors (Lipinski definition) is 2. The number of likely N-dealkylation sites (tertiary alicyclic amines) is 1. The first kappa shape index (κ1) is 13.7. The molecule has 2 rings (SSSR count). The van der Waals surface area contributed by atoms with Crippen LogP contribution in [0.4, 0.5) is 0 Å². The zero-order valence-corrected chi connectivity index (χ0v) is 11.2. The monoisotopic (exact) mass is 264 g/mol. The Bertz CT molecular complexity index is 465. The van der Waals surface area contributed by atoms with Crippen molar-refractivity contribution in [2.45, 2.75) is 32.2 Å². The third-order valence-electron chi connectivity index (χ3n) is 3.29. The number of amides is 1. The zero-order valence-electron chi connectivity index (χ0n) is 11.2. The van der Waals surface area contributed by atoms with Crippen LogP contribution < -0.4 is 10.9 Å². The fourth-order valence-corrected chi connectivity index (χ4v) is 2.30. The Hall–Kier alpha value is -1.69. The Balaban J connectivity index is 1.98. The van der Waals surface area contributed by atoms with E-state index in [-0.39, 0.29) is 11.5 Å². The summed E-state index contributed by atoms with van der Waals surface area (Å²) in [6.07, 6.45) is 3.19. The van der Waals surface area contributed by atoms with Gasteiger partial charge in [-0.15, -0.1) is 0 Å². The summed E-state index contributed by atoms with van der Waals surface area (Å²) in [5, 5.41) is 9.53. The van der Waals surface area contributed by atoms with E-state index in [9.17, 15) is 9.59 Å². The summed E-state index contributed by atoms with van der Waals surface area (Å²) in [7, 11) is 0. The Labute approximate surface area is 112 Å². The highest BCUT2D eigenvalue weighted by molar-refractivity contribution is 5.92. The van der Waals surface area contributed by atoms with E-state index in [4.69, 9.17) is 0 Å². The molecule has 0 aliphatic carbocycles. The summed E-state index contributed by atoms with van der Waals surface area (Å²) < 4.78 is 0. The summed E-state index contributed by atoms with van der Waals surface area (Å²) in [5.74, 6) is -0.112. The molecule has 0 saturated carbocycles. The average Bonchev–Trinajstić information content (AvgIpc) is 2.45. The van der Waals surface area contributed by atoms with Gasteiger partial charge in [-0.25, -0.2) is 5.10 Å². The molecule has 1 atom stereocenters. The van der Waals surface area contributed by atoms with Crippen LogP contribution in [0.3, 0.4) is 0 Å². The molecule has 19 heavy (non-hydrogen) atoms. The highest BCUT2D eigenvalue weighted by atomic mass is 16.2. The van der Waals surface area contributed by atoms with E-state index in [0.717, 1.165) is 32.4 Å². The van der Waals surface area contributed by atoms with Crippen LogP contribution in [-0.2, 0) is 0 Å². The topological polar surface area (TPSA) is 78.1 Å². The number of nitrogens with one attached hydrogen (secondary N) is 2. The number of carbonyl (C=O) groups is 1. The number of nitrogens with zero attached hydrogens (tertiary/aromatic N) is 2. The Kier molecular flexibility index (Phi) is 4.68. The van der Waals surface area contributed by atoms with E-state index in [1.165, 1.54) is 12.1 Å². The van der Waals surface area contributed by atoms with Crippen LogP contribution in [0.1, 0.15) is 36.7 Å². The van der Waals surface area contributed by atoms with Gasteiger partial charge in [-0.05, 0) is 31.9 Å². The molecular weight excluding hydrogens is 244 g/mol. The van der Waals surface area contributed by atoms with Crippen molar-refractivity contribution in [1.29, 1.82) is 0 Å². The lowest BCUT2D eigenvalue weighted by Crippen LogP contribution is -2.48. The minimum Gasteiger partial charge on any atom is -0.336 e. The van der Waals surface area contributed by atoms with E-state index in [2.05, 4.69) is 22.4 Å². The lowest BCUT2D eigenvalue weighted by atomic mass is 10.1. The highest BCUT2D eigenvalue weighted by Crippen LogP contribution is 2.12. The molecule has 2 N–H and O–H groups in total. The van der Waals surface area contributed by atoms with Gasteiger partial charge in [0.05, 0.1) is 0 Å². The molecule has 1 unspecified atom stereocenters. The van der Waals surface area contributed by atoms with Crippen LogP contribution in [0, 0.1) is 0 Å². The molecule has 1 aliphatic rings. The molecule has 104 valence electrons. The van der Waals surface area contributed by atoms with Crippen molar-refractivity contribution in [2.75, 3.05) is 19.6 Å². The van der Waals surface area contributed by atoms with Crippen molar-refractivity contribution >= 4 is 5.91 Å². The van der Waals surface area contributed by atoms with Gasteiger partial charge in [0, 0.05) is 25.2 Å². The van der Waals surface area contributed by atoms with Gasteiger partial charge in [0.25, 0.3) is 11.5 Å². The molecule has 1 aromatic rings. The van der Waals surface area contributed by atoms with Crippen molar-refractivity contribution in [3.63, 3.8) is 0 Å². The largest absolute Gasteiger partial charge is 0.336 e. The van der Waals surface area contributed by atoms with Gasteiger partial charge in [-0.1, -0.05) is 6.92 Å². The summed E-state index contributed by atoms with van der Waals surface area (Å²) in [6, 6.07) is 3.17. The number of aromatic amines is 1. The number of carbonyl (C=O) groups excluding carboxylic acids is 1. The maximum absolute atomic E-state index is 12.2. The molecule has 1 amide bonds. The molecule has 6 heteroatoms. The van der Waals surface area contributed by atoms with Crippen molar-refractivity contribution < 1.29 is 4.79 Å². The molecule has 0 aromatic carbocycles. The van der Waals surface area contributed by atoms with Crippen LogP contribution in [-0.4, -0.2) is 46.7 Å². The maximum Gasteiger partial charge on any atom is 0.274 e. The fraction of sp³-hybridized carbons (Fsp3) is 0.615. The number of H-pyrrole nitrogens is 1. The Morgan fingerprint density at radius 3 is 3.11 bits per heavy atom. The van der Waals surface area contributed by atoms with Crippen molar-refractivity contribution in [3.8, 4) is 0 Å². The minimum absolute atomic E-state index is 0.112. The Morgan fingerprint density at radius 2 is 2.42 bits per heavy atom. The molecule has 1 saturated heterocycles. The van der Waals surface area contributed by atoms with Gasteiger partial charge in [0.1, 0.15) is 5.69 Å². The van der Waals surface area contributed by atoms with Gasteiger partial charge in [-0.2, -0.15) is 5.10 Å². The fourth-order valence-electron chi connectivity index (χ4n) is 2.30. The first-order valence-corrected chi connectivity index (χ1v) is 6.79. The number of aromatic nitrogens is 2. The Morgan fingerprint density at radius 1 is 1.58 bits per heavy atom. The van der Waals surface area contributed by atoms with Gasteiger partial charge >= 0.3 is 0 Å².